The summed E-state index contributed by atoms with van der Waals surface area (Å²) >= 11 is 0. The number of aromatic nitrogens is 2. The number of nitrogens with zero attached hydrogens (tertiary/aromatic N) is 2. The minimum Gasteiger partial charge on any atom is -0.380 e. The predicted octanol–water partition coefficient (Wildman–Crippen LogP) is 3.74. The molecular weight excluding hydrogens is 321 g/mol. The number of hydrogen-bond acceptors (Lipinski definition) is 6. The van der Waals surface area contributed by atoms with Crippen molar-refractivity contribution in [3.05, 3.63) is 36.0 Å². The highest BCUT2D eigenvalue weighted by Gasteiger charge is 2.35. The monoisotopic (exact) mass is 340 g/mol. The molecule has 0 aliphatic rings. The van der Waals surface area contributed by atoms with Gasteiger partial charge < -0.3 is 10.6 Å². The summed E-state index contributed by atoms with van der Waals surface area (Å²) in [4.78, 5) is 7.27. The van der Waals surface area contributed by atoms with Gasteiger partial charge in [-0.05, 0) is 39.0 Å². The second-order valence-electron chi connectivity index (χ2n) is 6.18. The molecule has 2 aromatic rings. The lowest BCUT2D eigenvalue weighted by molar-refractivity contribution is -0.137. The molecule has 0 unspecified atom stereocenters. The number of nitrogens with two attached hydrogens (primary N) is 1. The Morgan fingerprint density at radius 1 is 1.08 bits per heavy atom. The summed E-state index contributed by atoms with van der Waals surface area (Å²) in [7, 11) is 0. The second kappa shape index (κ2) is 6.52. The zero-order chi connectivity index (χ0) is 18.0. The number of hydrazine groups is 1. The molecule has 0 saturated heterocycles. The van der Waals surface area contributed by atoms with Gasteiger partial charge in [0.15, 0.2) is 0 Å². The SMILES string of the molecule is CC(C)(C)Nc1cccc(Nc2nc(NN)ncc2C(F)(F)F)c1. The minimum atomic E-state index is -4.59. The van der Waals surface area contributed by atoms with Crippen LogP contribution < -0.4 is 21.9 Å². The Morgan fingerprint density at radius 2 is 1.75 bits per heavy atom. The van der Waals surface area contributed by atoms with E-state index in [1.807, 2.05) is 26.8 Å². The average molecular weight is 340 g/mol. The summed E-state index contributed by atoms with van der Waals surface area (Å²) in [5.74, 6) is 4.68. The van der Waals surface area contributed by atoms with E-state index < -0.39 is 11.7 Å². The van der Waals surface area contributed by atoms with Crippen LogP contribution in [0.15, 0.2) is 30.5 Å². The number of nitrogens with one attached hydrogen (secondary N) is 3. The number of nitrogen functional groups attached to an aromatic ring is 1. The van der Waals surface area contributed by atoms with Crippen LogP contribution in [0.4, 0.5) is 36.3 Å². The maximum Gasteiger partial charge on any atom is 0.421 e. The Morgan fingerprint density at radius 3 is 2.33 bits per heavy atom. The number of anilines is 4. The fourth-order valence-corrected chi connectivity index (χ4v) is 2.00. The molecule has 0 fully saturated rings. The number of hydrogen-bond donors (Lipinski definition) is 4. The van der Waals surface area contributed by atoms with Gasteiger partial charge in [0.1, 0.15) is 11.4 Å². The van der Waals surface area contributed by atoms with E-state index in [9.17, 15) is 13.2 Å². The first-order valence-electron chi connectivity index (χ1n) is 7.14. The van der Waals surface area contributed by atoms with Gasteiger partial charge in [-0.3, -0.25) is 5.43 Å². The van der Waals surface area contributed by atoms with E-state index in [-0.39, 0.29) is 17.3 Å². The summed E-state index contributed by atoms with van der Waals surface area (Å²) in [6, 6.07) is 6.90. The van der Waals surface area contributed by atoms with Crippen molar-refractivity contribution in [2.45, 2.75) is 32.5 Å². The van der Waals surface area contributed by atoms with Crippen molar-refractivity contribution in [1.29, 1.82) is 0 Å². The van der Waals surface area contributed by atoms with E-state index in [0.717, 1.165) is 5.69 Å². The first-order chi connectivity index (χ1) is 11.1. The fourth-order valence-electron chi connectivity index (χ4n) is 2.00. The first-order valence-corrected chi connectivity index (χ1v) is 7.14. The summed E-state index contributed by atoms with van der Waals surface area (Å²) in [6.07, 6.45) is -3.90. The highest BCUT2D eigenvalue weighted by atomic mass is 19.4. The van der Waals surface area contributed by atoms with Gasteiger partial charge in [-0.25, -0.2) is 10.8 Å². The van der Waals surface area contributed by atoms with Gasteiger partial charge in [-0.2, -0.15) is 18.2 Å². The van der Waals surface area contributed by atoms with E-state index in [4.69, 9.17) is 5.84 Å². The number of halogens is 3. The van der Waals surface area contributed by atoms with Crippen molar-refractivity contribution < 1.29 is 13.2 Å². The molecule has 0 spiro atoms. The Bertz CT molecular complexity index is 709. The van der Waals surface area contributed by atoms with Crippen LogP contribution in [-0.2, 0) is 6.18 Å². The maximum atomic E-state index is 13.1. The zero-order valence-electron chi connectivity index (χ0n) is 13.5. The summed E-state index contributed by atoms with van der Waals surface area (Å²) in [5.41, 5.74) is 2.20. The van der Waals surface area contributed by atoms with E-state index in [1.165, 1.54) is 0 Å². The average Bonchev–Trinajstić information content (AvgIpc) is 2.44. The predicted molar refractivity (Wildman–Crippen MR) is 87.9 cm³/mol. The topological polar surface area (TPSA) is 87.9 Å². The first kappa shape index (κ1) is 17.8. The molecule has 1 heterocycles. The van der Waals surface area contributed by atoms with E-state index >= 15 is 0 Å². The van der Waals surface area contributed by atoms with Crippen LogP contribution in [0.2, 0.25) is 0 Å². The van der Waals surface area contributed by atoms with Gasteiger partial charge in [0, 0.05) is 23.1 Å². The quantitative estimate of drug-likeness (QED) is 0.501. The fraction of sp³-hybridized carbons (Fsp3) is 0.333. The lowest BCUT2D eigenvalue weighted by Gasteiger charge is -2.22. The number of rotatable bonds is 4. The molecule has 2 rings (SSSR count). The normalized spacial score (nSPS) is 12.0. The smallest absolute Gasteiger partial charge is 0.380 e. The standard InChI is InChI=1S/C15H19F3N6/c1-14(2,3)23-10-6-4-5-9(7-10)21-12-11(15(16,17)18)8-20-13(22-12)24-19/h4-8,23H,19H2,1-3H3,(H2,20,21,22,24). The van der Waals surface area contributed by atoms with Crippen LogP contribution >= 0.6 is 0 Å². The Labute approximate surface area is 137 Å². The van der Waals surface area contributed by atoms with E-state index in [0.29, 0.717) is 11.9 Å². The van der Waals surface area contributed by atoms with Gasteiger partial charge in [0.05, 0.1) is 0 Å². The molecule has 0 aliphatic carbocycles. The molecule has 0 radical (unpaired) electrons. The molecule has 1 aromatic heterocycles. The Hall–Kier alpha value is -2.55. The largest absolute Gasteiger partial charge is 0.421 e. The third-order valence-corrected chi connectivity index (χ3v) is 2.87. The van der Waals surface area contributed by atoms with Crippen LogP contribution in [0, 0.1) is 0 Å². The molecule has 5 N–H and O–H groups in total. The van der Waals surface area contributed by atoms with E-state index in [1.54, 1.807) is 18.2 Å². The molecule has 1 aromatic carbocycles. The van der Waals surface area contributed by atoms with Crippen molar-refractivity contribution >= 4 is 23.1 Å². The van der Waals surface area contributed by atoms with Crippen molar-refractivity contribution in [3.8, 4) is 0 Å². The number of alkyl halides is 3. The molecule has 130 valence electrons. The van der Waals surface area contributed by atoms with Crippen molar-refractivity contribution in [3.63, 3.8) is 0 Å². The van der Waals surface area contributed by atoms with Crippen LogP contribution in [0.1, 0.15) is 26.3 Å². The molecule has 0 saturated carbocycles. The highest BCUT2D eigenvalue weighted by Crippen LogP contribution is 2.35. The third kappa shape index (κ3) is 4.72. The molecule has 9 heteroatoms. The molecular formula is C15H19F3N6. The van der Waals surface area contributed by atoms with Gasteiger partial charge in [0.25, 0.3) is 0 Å². The molecule has 0 bridgehead atoms. The van der Waals surface area contributed by atoms with Crippen LogP contribution in [0.5, 0.6) is 0 Å². The van der Waals surface area contributed by atoms with Crippen molar-refractivity contribution in [1.82, 2.24) is 9.97 Å². The Kier molecular flexibility index (Phi) is 4.83. The van der Waals surface area contributed by atoms with Crippen molar-refractivity contribution in [2.24, 2.45) is 5.84 Å². The molecule has 0 aliphatic heterocycles. The van der Waals surface area contributed by atoms with Gasteiger partial charge in [-0.15, -0.1) is 0 Å². The second-order valence-corrected chi connectivity index (χ2v) is 6.18. The van der Waals surface area contributed by atoms with Gasteiger partial charge >= 0.3 is 6.18 Å². The van der Waals surface area contributed by atoms with Crippen LogP contribution in [-0.4, -0.2) is 15.5 Å². The molecule has 0 atom stereocenters. The molecule has 6 nitrogen and oxygen atoms in total. The van der Waals surface area contributed by atoms with Gasteiger partial charge in [0.2, 0.25) is 5.95 Å². The lowest BCUT2D eigenvalue weighted by atomic mass is 10.1. The number of benzene rings is 1. The summed E-state index contributed by atoms with van der Waals surface area (Å²) < 4.78 is 39.3. The minimum absolute atomic E-state index is 0.116. The van der Waals surface area contributed by atoms with Gasteiger partial charge in [-0.1, -0.05) is 6.07 Å². The highest BCUT2D eigenvalue weighted by molar-refractivity contribution is 5.65. The van der Waals surface area contributed by atoms with E-state index in [2.05, 4.69) is 26.0 Å². The van der Waals surface area contributed by atoms with Crippen molar-refractivity contribution in [2.75, 3.05) is 16.1 Å². The zero-order valence-corrected chi connectivity index (χ0v) is 13.5. The summed E-state index contributed by atoms with van der Waals surface area (Å²) in [5, 5.41) is 5.92. The third-order valence-electron chi connectivity index (χ3n) is 2.87. The Balaban J connectivity index is 2.35. The summed E-state index contributed by atoms with van der Waals surface area (Å²) in [6.45, 7) is 5.95. The molecule has 0 amide bonds. The molecule has 24 heavy (non-hydrogen) atoms. The van der Waals surface area contributed by atoms with Crippen LogP contribution in [0.3, 0.4) is 0 Å². The maximum absolute atomic E-state index is 13.1. The van der Waals surface area contributed by atoms with Crippen LogP contribution in [0.25, 0.3) is 0 Å². The lowest BCUT2D eigenvalue weighted by Crippen LogP contribution is -2.25.